The SMILES string of the molecule is Cn1cc(-c2ccc(NC(C)(C)C)cc2)cc1C(=O)N1Cc2ccccc2C1. The van der Waals surface area contributed by atoms with Gasteiger partial charge in [-0.15, -0.1) is 0 Å². The maximum absolute atomic E-state index is 13.1. The van der Waals surface area contributed by atoms with Crippen LogP contribution in [0.25, 0.3) is 11.1 Å². The predicted molar refractivity (Wildman–Crippen MR) is 114 cm³/mol. The molecule has 0 radical (unpaired) electrons. The summed E-state index contributed by atoms with van der Waals surface area (Å²) in [5.74, 6) is 0.0796. The number of rotatable bonds is 3. The van der Waals surface area contributed by atoms with Gasteiger partial charge in [0.15, 0.2) is 0 Å². The molecule has 4 heteroatoms. The number of nitrogens with one attached hydrogen (secondary N) is 1. The summed E-state index contributed by atoms with van der Waals surface area (Å²) in [5.41, 5.74) is 6.50. The van der Waals surface area contributed by atoms with Gasteiger partial charge >= 0.3 is 0 Å². The Morgan fingerprint density at radius 1 is 0.929 bits per heavy atom. The molecule has 1 aliphatic rings. The Bertz CT molecular complexity index is 984. The summed E-state index contributed by atoms with van der Waals surface area (Å²) < 4.78 is 1.93. The summed E-state index contributed by atoms with van der Waals surface area (Å²) >= 11 is 0. The van der Waals surface area contributed by atoms with Gasteiger partial charge in [-0.05, 0) is 55.7 Å². The molecule has 1 N–H and O–H groups in total. The van der Waals surface area contributed by atoms with Crippen LogP contribution in [-0.2, 0) is 20.1 Å². The number of carbonyl (C=O) groups is 1. The van der Waals surface area contributed by atoms with Crippen molar-refractivity contribution < 1.29 is 4.79 Å². The number of hydrogen-bond acceptors (Lipinski definition) is 2. The van der Waals surface area contributed by atoms with E-state index >= 15 is 0 Å². The number of aryl methyl sites for hydroxylation is 1. The number of benzene rings is 2. The fraction of sp³-hybridized carbons (Fsp3) is 0.292. The Balaban J connectivity index is 1.53. The lowest BCUT2D eigenvalue weighted by Crippen LogP contribution is -2.26. The van der Waals surface area contributed by atoms with E-state index in [9.17, 15) is 4.79 Å². The van der Waals surface area contributed by atoms with Crippen LogP contribution in [0.2, 0.25) is 0 Å². The zero-order chi connectivity index (χ0) is 19.9. The van der Waals surface area contributed by atoms with E-state index in [0.717, 1.165) is 22.5 Å². The fourth-order valence-corrected chi connectivity index (χ4v) is 3.75. The van der Waals surface area contributed by atoms with Gasteiger partial charge in [0.25, 0.3) is 5.91 Å². The first kappa shape index (κ1) is 18.4. The van der Waals surface area contributed by atoms with Crippen molar-refractivity contribution in [2.45, 2.75) is 39.4 Å². The van der Waals surface area contributed by atoms with E-state index in [4.69, 9.17) is 0 Å². The number of fused-ring (bicyclic) bond motifs is 1. The van der Waals surface area contributed by atoms with Gasteiger partial charge in [0.2, 0.25) is 0 Å². The van der Waals surface area contributed by atoms with E-state index in [1.807, 2.05) is 40.9 Å². The molecule has 0 spiro atoms. The lowest BCUT2D eigenvalue weighted by atomic mass is 10.1. The number of aromatic nitrogens is 1. The molecule has 0 aliphatic carbocycles. The Morgan fingerprint density at radius 3 is 2.11 bits per heavy atom. The molecule has 2 heterocycles. The molecule has 0 unspecified atom stereocenters. The van der Waals surface area contributed by atoms with Crippen molar-refractivity contribution >= 4 is 11.6 Å². The molecule has 0 atom stereocenters. The zero-order valence-corrected chi connectivity index (χ0v) is 17.0. The molecular formula is C24H27N3O. The quantitative estimate of drug-likeness (QED) is 0.697. The largest absolute Gasteiger partial charge is 0.380 e. The summed E-state index contributed by atoms with van der Waals surface area (Å²) in [4.78, 5) is 15.0. The molecule has 1 aliphatic heterocycles. The smallest absolute Gasteiger partial charge is 0.271 e. The molecule has 0 bridgehead atoms. The number of carbonyl (C=O) groups excluding carboxylic acids is 1. The van der Waals surface area contributed by atoms with Crippen molar-refractivity contribution in [3.8, 4) is 11.1 Å². The topological polar surface area (TPSA) is 37.3 Å². The molecule has 4 rings (SSSR count). The van der Waals surface area contributed by atoms with Crippen LogP contribution >= 0.6 is 0 Å². The molecule has 4 nitrogen and oxygen atoms in total. The summed E-state index contributed by atoms with van der Waals surface area (Å²) in [6.45, 7) is 7.80. The Kier molecular flexibility index (Phi) is 4.50. The molecule has 0 saturated heterocycles. The first-order valence-electron chi connectivity index (χ1n) is 9.71. The van der Waals surface area contributed by atoms with Gasteiger partial charge in [-0.2, -0.15) is 0 Å². The van der Waals surface area contributed by atoms with Gasteiger partial charge in [-0.25, -0.2) is 0 Å². The van der Waals surface area contributed by atoms with E-state index in [2.05, 4.69) is 62.5 Å². The average molecular weight is 374 g/mol. The third-order valence-electron chi connectivity index (χ3n) is 5.09. The van der Waals surface area contributed by atoms with Crippen LogP contribution in [0.3, 0.4) is 0 Å². The summed E-state index contributed by atoms with van der Waals surface area (Å²) in [5, 5.41) is 3.47. The highest BCUT2D eigenvalue weighted by Crippen LogP contribution is 2.28. The van der Waals surface area contributed by atoms with Crippen molar-refractivity contribution in [2.24, 2.45) is 7.05 Å². The van der Waals surface area contributed by atoms with E-state index in [-0.39, 0.29) is 11.4 Å². The van der Waals surface area contributed by atoms with Gasteiger partial charge in [0, 0.05) is 43.1 Å². The molecule has 1 aromatic heterocycles. The first-order chi connectivity index (χ1) is 13.3. The normalized spacial score (nSPS) is 13.5. The Morgan fingerprint density at radius 2 is 1.54 bits per heavy atom. The zero-order valence-electron chi connectivity index (χ0n) is 17.0. The Labute approximate surface area is 166 Å². The number of nitrogens with zero attached hydrogens (tertiary/aromatic N) is 2. The van der Waals surface area contributed by atoms with E-state index < -0.39 is 0 Å². The van der Waals surface area contributed by atoms with Crippen molar-refractivity contribution in [3.63, 3.8) is 0 Å². The van der Waals surface area contributed by atoms with Crippen LogP contribution in [0.4, 0.5) is 5.69 Å². The van der Waals surface area contributed by atoms with Gasteiger partial charge < -0.3 is 14.8 Å². The van der Waals surface area contributed by atoms with E-state index in [0.29, 0.717) is 13.1 Å². The second-order valence-corrected chi connectivity index (χ2v) is 8.61. The lowest BCUT2D eigenvalue weighted by Gasteiger charge is -2.22. The minimum absolute atomic E-state index is 0.0289. The average Bonchev–Trinajstić information content (AvgIpc) is 3.24. The maximum atomic E-state index is 13.1. The summed E-state index contributed by atoms with van der Waals surface area (Å²) in [6.07, 6.45) is 2.03. The molecule has 28 heavy (non-hydrogen) atoms. The van der Waals surface area contributed by atoms with Crippen LogP contribution in [0.1, 0.15) is 42.4 Å². The minimum atomic E-state index is 0.0289. The van der Waals surface area contributed by atoms with Crippen molar-refractivity contribution in [1.82, 2.24) is 9.47 Å². The number of amides is 1. The fourth-order valence-electron chi connectivity index (χ4n) is 3.75. The molecule has 0 saturated carbocycles. The van der Waals surface area contributed by atoms with Gasteiger partial charge in [0.05, 0.1) is 0 Å². The minimum Gasteiger partial charge on any atom is -0.380 e. The van der Waals surface area contributed by atoms with Gasteiger partial charge in [0.1, 0.15) is 5.69 Å². The number of anilines is 1. The van der Waals surface area contributed by atoms with Gasteiger partial charge in [-0.3, -0.25) is 4.79 Å². The highest BCUT2D eigenvalue weighted by Gasteiger charge is 2.25. The van der Waals surface area contributed by atoms with E-state index in [1.54, 1.807) is 0 Å². The van der Waals surface area contributed by atoms with Crippen LogP contribution < -0.4 is 5.32 Å². The van der Waals surface area contributed by atoms with Crippen LogP contribution in [-0.4, -0.2) is 20.9 Å². The number of hydrogen-bond donors (Lipinski definition) is 1. The standard InChI is InChI=1S/C24H27N3O/c1-24(2,3)25-21-11-9-17(10-12-21)20-13-22(26(4)14-20)23(28)27-15-18-7-5-6-8-19(18)16-27/h5-14,25H,15-16H2,1-4H3. The highest BCUT2D eigenvalue weighted by molar-refractivity contribution is 5.94. The summed E-state index contributed by atoms with van der Waals surface area (Å²) in [7, 11) is 1.94. The van der Waals surface area contributed by atoms with Crippen LogP contribution in [0.5, 0.6) is 0 Å². The summed E-state index contributed by atoms with van der Waals surface area (Å²) in [6, 6.07) is 18.7. The predicted octanol–water partition coefficient (Wildman–Crippen LogP) is 5.06. The Hall–Kier alpha value is -3.01. The maximum Gasteiger partial charge on any atom is 0.271 e. The third-order valence-corrected chi connectivity index (χ3v) is 5.09. The second kappa shape index (κ2) is 6.86. The molecular weight excluding hydrogens is 346 g/mol. The lowest BCUT2D eigenvalue weighted by molar-refractivity contribution is 0.0742. The molecule has 1 amide bonds. The monoisotopic (exact) mass is 373 g/mol. The first-order valence-corrected chi connectivity index (χ1v) is 9.71. The second-order valence-electron chi connectivity index (χ2n) is 8.61. The molecule has 0 fully saturated rings. The van der Waals surface area contributed by atoms with Crippen LogP contribution in [0.15, 0.2) is 60.8 Å². The van der Waals surface area contributed by atoms with Crippen LogP contribution in [0, 0.1) is 0 Å². The highest BCUT2D eigenvalue weighted by atomic mass is 16.2. The molecule has 3 aromatic rings. The van der Waals surface area contributed by atoms with Crippen molar-refractivity contribution in [3.05, 3.63) is 77.6 Å². The third kappa shape index (κ3) is 3.68. The molecule has 144 valence electrons. The van der Waals surface area contributed by atoms with E-state index in [1.165, 1.54) is 11.1 Å². The van der Waals surface area contributed by atoms with Crippen molar-refractivity contribution in [1.29, 1.82) is 0 Å². The van der Waals surface area contributed by atoms with Gasteiger partial charge in [-0.1, -0.05) is 36.4 Å². The molecule has 2 aromatic carbocycles. The van der Waals surface area contributed by atoms with Crippen molar-refractivity contribution in [2.75, 3.05) is 5.32 Å².